The zero-order chi connectivity index (χ0) is 16.0. The van der Waals surface area contributed by atoms with Crippen LogP contribution in [0.25, 0.3) is 0 Å². The van der Waals surface area contributed by atoms with E-state index in [2.05, 4.69) is 6.92 Å². The van der Waals surface area contributed by atoms with Gasteiger partial charge in [0.25, 0.3) is 14.7 Å². The second-order valence-corrected chi connectivity index (χ2v) is 10.2. The van der Waals surface area contributed by atoms with Gasteiger partial charge in [-0.2, -0.15) is 0 Å². The van der Waals surface area contributed by atoms with Gasteiger partial charge in [-0.05, 0) is 38.3 Å². The summed E-state index contributed by atoms with van der Waals surface area (Å²) in [5.74, 6) is 0. The van der Waals surface area contributed by atoms with Crippen LogP contribution in [-0.4, -0.2) is 13.2 Å². The van der Waals surface area contributed by atoms with Gasteiger partial charge in [-0.1, -0.05) is 26.2 Å². The van der Waals surface area contributed by atoms with Crippen LogP contribution < -0.4 is 21.2 Å². The van der Waals surface area contributed by atoms with Crippen molar-refractivity contribution in [3.63, 3.8) is 0 Å². The molecule has 0 fully saturated rings. The summed E-state index contributed by atoms with van der Waals surface area (Å²) in [5, 5.41) is 3.02. The standard InChI is InChI=1S/C16H23O4P2/c1-4-7-8-9-10-12-11-13-15(21(13,17)19-5-2)16-14(12)22(16,18)20-6-3/h11H,1,4-10H2,2-3H3. The van der Waals surface area contributed by atoms with Crippen molar-refractivity contribution in [3.8, 4) is 0 Å². The first-order chi connectivity index (χ1) is 10.5. The second-order valence-electron chi connectivity index (χ2n) is 5.70. The van der Waals surface area contributed by atoms with Crippen molar-refractivity contribution in [2.75, 3.05) is 13.2 Å². The molecule has 1 aromatic carbocycles. The van der Waals surface area contributed by atoms with E-state index >= 15 is 0 Å². The summed E-state index contributed by atoms with van der Waals surface area (Å²) >= 11 is 0. The molecule has 4 nitrogen and oxygen atoms in total. The Bertz CT molecular complexity index is 696. The molecule has 1 radical (unpaired) electrons. The highest BCUT2D eigenvalue weighted by molar-refractivity contribution is 7.93. The molecule has 2 aliphatic heterocycles. The Morgan fingerprint density at radius 1 is 0.955 bits per heavy atom. The quantitative estimate of drug-likeness (QED) is 0.512. The Labute approximate surface area is 132 Å². The molecular formula is C16H23O4P2. The fourth-order valence-electron chi connectivity index (χ4n) is 3.17. The van der Waals surface area contributed by atoms with E-state index in [0.717, 1.165) is 53.6 Å². The topological polar surface area (TPSA) is 52.6 Å². The van der Waals surface area contributed by atoms with E-state index in [4.69, 9.17) is 9.05 Å². The lowest BCUT2D eigenvalue weighted by Gasteiger charge is -2.02. The van der Waals surface area contributed by atoms with Crippen molar-refractivity contribution in [2.24, 2.45) is 0 Å². The molecule has 0 amide bonds. The zero-order valence-electron chi connectivity index (χ0n) is 13.3. The van der Waals surface area contributed by atoms with E-state index < -0.39 is 14.7 Å². The molecule has 1 aromatic rings. The first kappa shape index (κ1) is 16.5. The minimum atomic E-state index is -2.86. The molecule has 2 aliphatic rings. The molecular weight excluding hydrogens is 318 g/mol. The van der Waals surface area contributed by atoms with Crippen molar-refractivity contribution >= 4 is 36.0 Å². The number of hydrogen-bond acceptors (Lipinski definition) is 4. The van der Waals surface area contributed by atoms with Crippen molar-refractivity contribution in [1.29, 1.82) is 0 Å². The first-order valence-electron chi connectivity index (χ1n) is 8.05. The third-order valence-corrected chi connectivity index (χ3v) is 9.37. The maximum Gasteiger partial charge on any atom is 0.264 e. The molecule has 0 aliphatic carbocycles. The fourth-order valence-corrected chi connectivity index (χ4v) is 8.88. The highest BCUT2D eigenvalue weighted by Crippen LogP contribution is 2.65. The van der Waals surface area contributed by atoms with Gasteiger partial charge in [0.15, 0.2) is 0 Å². The minimum absolute atomic E-state index is 0.401. The minimum Gasteiger partial charge on any atom is -0.322 e. The smallest absolute Gasteiger partial charge is 0.264 e. The van der Waals surface area contributed by atoms with Gasteiger partial charge in [-0.3, -0.25) is 9.13 Å². The summed E-state index contributed by atoms with van der Waals surface area (Å²) in [7, 11) is -5.70. The van der Waals surface area contributed by atoms with E-state index in [1.54, 1.807) is 0 Å². The van der Waals surface area contributed by atoms with Crippen LogP contribution in [-0.2, 0) is 24.6 Å². The summed E-state index contributed by atoms with van der Waals surface area (Å²) in [6.07, 6.45) is 5.05. The Hall–Kier alpha value is -0.400. The lowest BCUT2D eigenvalue weighted by atomic mass is 10.1. The van der Waals surface area contributed by atoms with Crippen LogP contribution in [0.15, 0.2) is 6.07 Å². The average Bonchev–Trinajstić information content (AvgIpc) is 3.29. The predicted molar refractivity (Wildman–Crippen MR) is 91.0 cm³/mol. The number of rotatable bonds is 9. The summed E-state index contributed by atoms with van der Waals surface area (Å²) in [4.78, 5) is 0. The Morgan fingerprint density at radius 2 is 1.64 bits per heavy atom. The van der Waals surface area contributed by atoms with Crippen LogP contribution >= 0.6 is 14.7 Å². The van der Waals surface area contributed by atoms with Crippen LogP contribution in [0.5, 0.6) is 0 Å². The van der Waals surface area contributed by atoms with Crippen molar-refractivity contribution in [3.05, 3.63) is 18.6 Å². The number of hydrogen-bond donors (Lipinski definition) is 0. The molecule has 121 valence electrons. The Morgan fingerprint density at radius 3 is 2.27 bits per heavy atom. The highest BCUT2D eigenvalue weighted by Gasteiger charge is 2.64. The number of benzene rings is 1. The van der Waals surface area contributed by atoms with Crippen LogP contribution in [0.3, 0.4) is 0 Å². The molecule has 0 saturated carbocycles. The van der Waals surface area contributed by atoms with Crippen LogP contribution in [0, 0.1) is 6.92 Å². The molecule has 2 atom stereocenters. The molecule has 0 N–H and O–H groups in total. The SMILES string of the molecule is [CH2]CCCCCc1cc2c(c3c1P3(=O)OCC)P2(=O)OCC. The van der Waals surface area contributed by atoms with Crippen molar-refractivity contribution < 1.29 is 18.2 Å². The second kappa shape index (κ2) is 5.91. The maximum absolute atomic E-state index is 13.0. The van der Waals surface area contributed by atoms with Gasteiger partial charge in [0.05, 0.1) is 34.4 Å². The van der Waals surface area contributed by atoms with Crippen molar-refractivity contribution in [2.45, 2.75) is 46.0 Å². The average molecular weight is 341 g/mol. The van der Waals surface area contributed by atoms with Gasteiger partial charge < -0.3 is 9.05 Å². The molecule has 0 bridgehead atoms. The van der Waals surface area contributed by atoms with E-state index in [1.165, 1.54) is 0 Å². The van der Waals surface area contributed by atoms with E-state index in [9.17, 15) is 9.13 Å². The third-order valence-electron chi connectivity index (χ3n) is 4.22. The molecule has 3 rings (SSSR count). The molecule has 2 heterocycles. The number of unbranched alkanes of at least 4 members (excludes halogenated alkanes) is 3. The van der Waals surface area contributed by atoms with Crippen LogP contribution in [0.4, 0.5) is 0 Å². The monoisotopic (exact) mass is 341 g/mol. The van der Waals surface area contributed by atoms with Crippen LogP contribution in [0.1, 0.15) is 45.1 Å². The van der Waals surface area contributed by atoms with E-state index in [1.807, 2.05) is 19.9 Å². The normalized spacial score (nSPS) is 27.4. The third kappa shape index (κ3) is 2.36. The number of aryl methyl sites for hydroxylation is 1. The summed E-state index contributed by atoms with van der Waals surface area (Å²) in [6, 6.07) is 1.95. The highest BCUT2D eigenvalue weighted by atomic mass is 31.2. The maximum atomic E-state index is 13.0. The lowest BCUT2D eigenvalue weighted by molar-refractivity contribution is 0.350. The van der Waals surface area contributed by atoms with Crippen molar-refractivity contribution in [1.82, 2.24) is 0 Å². The van der Waals surface area contributed by atoms with Gasteiger partial charge in [0.1, 0.15) is 0 Å². The molecule has 0 aromatic heterocycles. The summed E-state index contributed by atoms with van der Waals surface area (Å²) in [6.45, 7) is 8.33. The van der Waals surface area contributed by atoms with Gasteiger partial charge in [-0.25, -0.2) is 0 Å². The number of fused-ring (bicyclic) bond motifs is 3. The molecule has 0 spiro atoms. The Balaban J connectivity index is 1.88. The fraction of sp³-hybridized carbons (Fsp3) is 0.562. The molecule has 22 heavy (non-hydrogen) atoms. The summed E-state index contributed by atoms with van der Waals surface area (Å²) in [5.41, 5.74) is 1.05. The molecule has 6 heteroatoms. The lowest BCUT2D eigenvalue weighted by Crippen LogP contribution is -2.10. The van der Waals surface area contributed by atoms with Gasteiger partial charge >= 0.3 is 0 Å². The summed E-state index contributed by atoms with van der Waals surface area (Å²) < 4.78 is 36.7. The molecule has 0 saturated heterocycles. The van der Waals surface area contributed by atoms with E-state index in [0.29, 0.717) is 18.5 Å². The first-order valence-corrected chi connectivity index (χ1v) is 11.3. The Kier molecular flexibility index (Phi) is 4.42. The van der Waals surface area contributed by atoms with Gasteiger partial charge in [-0.15, -0.1) is 0 Å². The largest absolute Gasteiger partial charge is 0.322 e. The van der Waals surface area contributed by atoms with Gasteiger partial charge in [0, 0.05) is 0 Å². The van der Waals surface area contributed by atoms with E-state index in [-0.39, 0.29) is 0 Å². The molecule has 2 unspecified atom stereocenters. The zero-order valence-corrected chi connectivity index (χ0v) is 15.1. The van der Waals surface area contributed by atoms with Gasteiger partial charge in [0.2, 0.25) is 0 Å². The predicted octanol–water partition coefficient (Wildman–Crippen LogP) is 2.78. The van der Waals surface area contributed by atoms with Crippen LogP contribution in [0.2, 0.25) is 0 Å².